The summed E-state index contributed by atoms with van der Waals surface area (Å²) in [7, 11) is -3.64. The molecule has 1 atom stereocenters. The fraction of sp³-hybridized carbons (Fsp3) is 0.435. The van der Waals surface area contributed by atoms with Crippen molar-refractivity contribution in [3.63, 3.8) is 0 Å². The second-order valence-electron chi connectivity index (χ2n) is 8.25. The van der Waals surface area contributed by atoms with Crippen LogP contribution in [0.4, 0.5) is 5.13 Å². The van der Waals surface area contributed by atoms with E-state index in [1.807, 2.05) is 6.07 Å². The number of nitrogens with one attached hydrogen (secondary N) is 1. The summed E-state index contributed by atoms with van der Waals surface area (Å²) < 4.78 is 44.3. The third-order valence-electron chi connectivity index (χ3n) is 5.92. The van der Waals surface area contributed by atoms with Crippen LogP contribution in [0, 0.1) is 0 Å². The van der Waals surface area contributed by atoms with Crippen LogP contribution in [0.2, 0.25) is 0 Å². The highest BCUT2D eigenvalue weighted by Crippen LogP contribution is 2.29. The van der Waals surface area contributed by atoms with E-state index in [-0.39, 0.29) is 16.9 Å². The summed E-state index contributed by atoms with van der Waals surface area (Å²) in [6.07, 6.45) is 1.96. The lowest BCUT2D eigenvalue weighted by Gasteiger charge is -2.28. The quantitative estimate of drug-likeness (QED) is 0.507. The van der Waals surface area contributed by atoms with Gasteiger partial charge in [-0.15, -0.1) is 0 Å². The zero-order valence-corrected chi connectivity index (χ0v) is 20.6. The number of ether oxygens (including phenoxy) is 3. The van der Waals surface area contributed by atoms with Crippen LogP contribution in [0.25, 0.3) is 10.3 Å². The second kappa shape index (κ2) is 10.6. The molecule has 2 aliphatic heterocycles. The van der Waals surface area contributed by atoms with Gasteiger partial charge in [-0.1, -0.05) is 23.5 Å². The first-order chi connectivity index (χ1) is 17.0. The third kappa shape index (κ3) is 5.52. The number of fused-ring (bicyclic) bond motifs is 1. The largest absolute Gasteiger partial charge is 0.381 e. The van der Waals surface area contributed by atoms with E-state index in [4.69, 9.17) is 14.2 Å². The van der Waals surface area contributed by atoms with E-state index in [1.54, 1.807) is 24.4 Å². The number of amides is 1. The van der Waals surface area contributed by atoms with Crippen LogP contribution in [0.15, 0.2) is 47.5 Å². The Labute approximate surface area is 207 Å². The molecule has 4 heterocycles. The molecule has 10 nitrogen and oxygen atoms in total. The van der Waals surface area contributed by atoms with Crippen LogP contribution in [0.5, 0.6) is 0 Å². The summed E-state index contributed by atoms with van der Waals surface area (Å²) >= 11 is 1.28. The molecule has 2 saturated heterocycles. The van der Waals surface area contributed by atoms with Crippen LogP contribution in [0.3, 0.4) is 0 Å². The zero-order valence-electron chi connectivity index (χ0n) is 19.0. The van der Waals surface area contributed by atoms with Crippen molar-refractivity contribution in [2.45, 2.75) is 29.9 Å². The molecule has 2 fully saturated rings. The van der Waals surface area contributed by atoms with Gasteiger partial charge in [0.2, 0.25) is 10.0 Å². The molecule has 35 heavy (non-hydrogen) atoms. The zero-order chi connectivity index (χ0) is 24.3. The molecular formula is C23H26N4O6S2. The Hall–Kier alpha value is -2.48. The number of carbonyl (C=O) groups excluding carboxylic acids is 1. The predicted octanol–water partition coefficient (Wildman–Crippen LogP) is 2.59. The SMILES string of the molecule is O=C(Nc1nc2cccnc2s1)C(OC1CCOCC1)c1ccc(S(=O)(=O)N2CCOCC2)cc1. The highest BCUT2D eigenvalue weighted by Gasteiger charge is 2.30. The number of benzene rings is 1. The van der Waals surface area contributed by atoms with Gasteiger partial charge in [-0.3, -0.25) is 10.1 Å². The summed E-state index contributed by atoms with van der Waals surface area (Å²) in [5.41, 5.74) is 1.27. The maximum Gasteiger partial charge on any atom is 0.259 e. The molecule has 3 aromatic rings. The molecule has 1 N–H and O–H groups in total. The number of carbonyl (C=O) groups is 1. The molecule has 1 unspecified atom stereocenters. The summed E-state index contributed by atoms with van der Waals surface area (Å²) in [6.45, 7) is 2.52. The number of thiazole rings is 1. The standard InChI is InChI=1S/C23H26N4O6S2/c28-21(26-23-25-19-2-1-9-24-22(19)34-23)20(33-17-7-12-31-13-8-17)16-3-5-18(6-4-16)35(29,30)27-10-14-32-15-11-27/h1-6,9,17,20H,7-8,10-15H2,(H,25,26,28). The summed E-state index contributed by atoms with van der Waals surface area (Å²) in [5.74, 6) is -0.376. The molecule has 0 aliphatic carbocycles. The monoisotopic (exact) mass is 518 g/mol. The van der Waals surface area contributed by atoms with Crippen molar-refractivity contribution in [2.24, 2.45) is 0 Å². The number of aromatic nitrogens is 2. The average molecular weight is 519 g/mol. The van der Waals surface area contributed by atoms with Gasteiger partial charge in [0.15, 0.2) is 11.2 Å². The number of pyridine rings is 1. The lowest BCUT2D eigenvalue weighted by molar-refractivity contribution is -0.136. The summed E-state index contributed by atoms with van der Waals surface area (Å²) in [5, 5.41) is 3.27. The van der Waals surface area contributed by atoms with Gasteiger partial charge in [0.25, 0.3) is 5.91 Å². The predicted molar refractivity (Wildman–Crippen MR) is 130 cm³/mol. The Morgan fingerprint density at radius 2 is 1.80 bits per heavy atom. The maximum atomic E-state index is 13.3. The molecule has 1 aromatic carbocycles. The van der Waals surface area contributed by atoms with Crippen LogP contribution in [0.1, 0.15) is 24.5 Å². The van der Waals surface area contributed by atoms with E-state index in [1.165, 1.54) is 27.8 Å². The number of rotatable bonds is 7. The lowest BCUT2D eigenvalue weighted by Crippen LogP contribution is -2.40. The minimum absolute atomic E-state index is 0.145. The maximum absolute atomic E-state index is 13.3. The van der Waals surface area contributed by atoms with Crippen molar-refractivity contribution in [1.82, 2.24) is 14.3 Å². The normalized spacial score (nSPS) is 19.0. The van der Waals surface area contributed by atoms with E-state index in [2.05, 4.69) is 15.3 Å². The van der Waals surface area contributed by atoms with Crippen LogP contribution in [-0.2, 0) is 29.0 Å². The van der Waals surface area contributed by atoms with Crippen molar-refractivity contribution < 1.29 is 27.4 Å². The van der Waals surface area contributed by atoms with E-state index in [0.29, 0.717) is 68.6 Å². The molecule has 12 heteroatoms. The van der Waals surface area contributed by atoms with Gasteiger partial charge >= 0.3 is 0 Å². The van der Waals surface area contributed by atoms with Gasteiger partial charge < -0.3 is 14.2 Å². The van der Waals surface area contributed by atoms with Gasteiger partial charge in [0.05, 0.1) is 24.2 Å². The van der Waals surface area contributed by atoms with Gasteiger partial charge in [-0.25, -0.2) is 18.4 Å². The highest BCUT2D eigenvalue weighted by atomic mass is 32.2. The Morgan fingerprint density at radius 3 is 2.51 bits per heavy atom. The first kappa shape index (κ1) is 24.2. The number of anilines is 1. The number of sulfonamides is 1. The fourth-order valence-corrected chi connectivity index (χ4v) is 6.26. The van der Waals surface area contributed by atoms with E-state index >= 15 is 0 Å². The summed E-state index contributed by atoms with van der Waals surface area (Å²) in [4.78, 5) is 22.9. The summed E-state index contributed by atoms with van der Waals surface area (Å²) in [6, 6.07) is 9.94. The van der Waals surface area contributed by atoms with Crippen molar-refractivity contribution in [1.29, 1.82) is 0 Å². The molecule has 186 valence electrons. The van der Waals surface area contributed by atoms with Gasteiger partial charge in [0, 0.05) is 32.5 Å². The molecule has 1 amide bonds. The number of morpholine rings is 1. The molecule has 0 radical (unpaired) electrons. The Bertz CT molecular complexity index is 1240. The molecule has 0 bridgehead atoms. The first-order valence-corrected chi connectivity index (χ1v) is 13.7. The number of hydrogen-bond donors (Lipinski definition) is 1. The Kier molecular flexibility index (Phi) is 7.37. The van der Waals surface area contributed by atoms with Crippen LogP contribution >= 0.6 is 11.3 Å². The van der Waals surface area contributed by atoms with E-state index < -0.39 is 16.1 Å². The second-order valence-corrected chi connectivity index (χ2v) is 11.2. The smallest absolute Gasteiger partial charge is 0.259 e. The third-order valence-corrected chi connectivity index (χ3v) is 8.73. The van der Waals surface area contributed by atoms with Crippen molar-refractivity contribution in [3.05, 3.63) is 48.2 Å². The van der Waals surface area contributed by atoms with Gasteiger partial charge in [-0.05, 0) is 42.7 Å². The topological polar surface area (TPSA) is 120 Å². The van der Waals surface area contributed by atoms with Crippen LogP contribution in [-0.4, -0.2) is 74.2 Å². The molecule has 2 aromatic heterocycles. The molecular weight excluding hydrogens is 492 g/mol. The Morgan fingerprint density at radius 1 is 1.09 bits per heavy atom. The first-order valence-electron chi connectivity index (χ1n) is 11.4. The molecule has 0 spiro atoms. The minimum Gasteiger partial charge on any atom is -0.381 e. The van der Waals surface area contributed by atoms with Gasteiger partial charge in [0.1, 0.15) is 10.3 Å². The van der Waals surface area contributed by atoms with Gasteiger partial charge in [-0.2, -0.15) is 4.31 Å². The minimum atomic E-state index is -3.64. The van der Waals surface area contributed by atoms with Crippen molar-refractivity contribution >= 4 is 42.7 Å². The molecule has 0 saturated carbocycles. The fourth-order valence-electron chi connectivity index (χ4n) is 4.04. The molecule has 2 aliphatic rings. The van der Waals surface area contributed by atoms with E-state index in [0.717, 1.165) is 4.83 Å². The lowest BCUT2D eigenvalue weighted by atomic mass is 10.1. The number of nitrogens with zero attached hydrogens (tertiary/aromatic N) is 3. The van der Waals surface area contributed by atoms with Crippen molar-refractivity contribution in [3.8, 4) is 0 Å². The van der Waals surface area contributed by atoms with E-state index in [9.17, 15) is 13.2 Å². The average Bonchev–Trinajstić information content (AvgIpc) is 3.31. The Balaban J connectivity index is 1.38. The molecule has 5 rings (SSSR count). The van der Waals surface area contributed by atoms with Crippen molar-refractivity contribution in [2.75, 3.05) is 44.8 Å². The van der Waals surface area contributed by atoms with Crippen LogP contribution < -0.4 is 5.32 Å². The number of hydrogen-bond acceptors (Lipinski definition) is 9. The highest BCUT2D eigenvalue weighted by molar-refractivity contribution is 7.89.